The third kappa shape index (κ3) is 3.89. The Morgan fingerprint density at radius 1 is 1.11 bits per heavy atom. The van der Waals surface area contributed by atoms with Crippen molar-refractivity contribution in [2.75, 3.05) is 33.5 Å². The van der Waals surface area contributed by atoms with Crippen LogP contribution in [0.3, 0.4) is 0 Å². The fraction of sp³-hybridized carbons (Fsp3) is 0.643. The normalized spacial score (nSPS) is 11.6. The van der Waals surface area contributed by atoms with Gasteiger partial charge in [-0.25, -0.2) is 0 Å². The Balaban J connectivity index is 3.17. The van der Waals surface area contributed by atoms with Gasteiger partial charge in [0, 0.05) is 26.0 Å². The molecule has 1 rings (SSSR count). The monoisotopic (exact) mass is 269 g/mol. The van der Waals surface area contributed by atoms with Gasteiger partial charge in [0.2, 0.25) is 5.79 Å². The molecule has 0 radical (unpaired) electrons. The quantitative estimate of drug-likeness (QED) is 0.644. The second-order valence-corrected chi connectivity index (χ2v) is 3.81. The van der Waals surface area contributed by atoms with Crippen molar-refractivity contribution < 1.29 is 18.9 Å². The van der Waals surface area contributed by atoms with Gasteiger partial charge in [-0.3, -0.25) is 4.98 Å². The van der Waals surface area contributed by atoms with Crippen molar-refractivity contribution in [3.8, 4) is 5.75 Å². The Morgan fingerprint density at radius 2 is 1.79 bits per heavy atom. The van der Waals surface area contributed by atoms with E-state index >= 15 is 0 Å². The van der Waals surface area contributed by atoms with Gasteiger partial charge in [0.25, 0.3) is 0 Å². The summed E-state index contributed by atoms with van der Waals surface area (Å²) in [6.45, 7) is 7.60. The molecule has 0 bridgehead atoms. The molecular weight excluding hydrogens is 246 g/mol. The Bertz CT molecular complexity index is 364. The average Bonchev–Trinajstić information content (AvgIpc) is 2.45. The number of aromatic nitrogens is 1. The molecule has 0 aliphatic heterocycles. The molecule has 0 saturated carbocycles. The van der Waals surface area contributed by atoms with E-state index in [4.69, 9.17) is 18.9 Å². The van der Waals surface area contributed by atoms with Crippen LogP contribution in [0.2, 0.25) is 0 Å². The van der Waals surface area contributed by atoms with E-state index in [9.17, 15) is 0 Å². The fourth-order valence-electron chi connectivity index (χ4n) is 1.87. The van der Waals surface area contributed by atoms with Crippen LogP contribution in [0.5, 0.6) is 5.75 Å². The van der Waals surface area contributed by atoms with Gasteiger partial charge in [0.15, 0.2) is 0 Å². The van der Waals surface area contributed by atoms with E-state index < -0.39 is 5.79 Å². The number of methoxy groups -OCH3 is 1. The van der Waals surface area contributed by atoms with E-state index in [0.29, 0.717) is 31.3 Å². The van der Waals surface area contributed by atoms with Gasteiger partial charge in [0.05, 0.1) is 7.11 Å². The second-order valence-electron chi connectivity index (χ2n) is 3.81. The summed E-state index contributed by atoms with van der Waals surface area (Å²) in [4.78, 5) is 4.36. The standard InChI is InChI=1S/C14H23NO4/c1-5-17-11-14(18-6-2,19-7-3)13-12(16-4)9-8-10-15-13/h8-10H,5-7,11H2,1-4H3. The van der Waals surface area contributed by atoms with Crippen molar-refractivity contribution in [2.24, 2.45) is 0 Å². The van der Waals surface area contributed by atoms with Crippen LogP contribution in [0.25, 0.3) is 0 Å². The predicted molar refractivity (Wildman–Crippen MR) is 72.2 cm³/mol. The lowest BCUT2D eigenvalue weighted by molar-refractivity contribution is -0.269. The Labute approximate surface area is 114 Å². The van der Waals surface area contributed by atoms with Gasteiger partial charge in [-0.05, 0) is 32.9 Å². The van der Waals surface area contributed by atoms with Crippen molar-refractivity contribution in [3.63, 3.8) is 0 Å². The third-order valence-corrected chi connectivity index (χ3v) is 2.60. The highest BCUT2D eigenvalue weighted by Crippen LogP contribution is 2.33. The van der Waals surface area contributed by atoms with Crippen molar-refractivity contribution in [1.82, 2.24) is 4.98 Å². The number of hydrogen-bond acceptors (Lipinski definition) is 5. The molecule has 0 atom stereocenters. The highest BCUT2D eigenvalue weighted by molar-refractivity contribution is 5.30. The molecule has 1 aromatic heterocycles. The van der Waals surface area contributed by atoms with Crippen LogP contribution >= 0.6 is 0 Å². The zero-order valence-electron chi connectivity index (χ0n) is 12.1. The molecule has 1 heterocycles. The molecule has 0 spiro atoms. The molecule has 108 valence electrons. The van der Waals surface area contributed by atoms with Gasteiger partial charge in [-0.2, -0.15) is 0 Å². The number of pyridine rings is 1. The molecule has 0 saturated heterocycles. The lowest BCUT2D eigenvalue weighted by Crippen LogP contribution is -2.39. The largest absolute Gasteiger partial charge is 0.495 e. The van der Waals surface area contributed by atoms with E-state index in [0.717, 1.165) is 0 Å². The summed E-state index contributed by atoms with van der Waals surface area (Å²) in [5.74, 6) is -0.393. The predicted octanol–water partition coefficient (Wildman–Crippen LogP) is 2.35. The van der Waals surface area contributed by atoms with Gasteiger partial charge >= 0.3 is 0 Å². The van der Waals surface area contributed by atoms with Crippen molar-refractivity contribution in [2.45, 2.75) is 26.6 Å². The van der Waals surface area contributed by atoms with Crippen LogP contribution in [0.1, 0.15) is 26.5 Å². The van der Waals surface area contributed by atoms with Crippen molar-refractivity contribution in [1.29, 1.82) is 0 Å². The first-order valence-electron chi connectivity index (χ1n) is 6.59. The first-order valence-corrected chi connectivity index (χ1v) is 6.59. The minimum absolute atomic E-state index is 0.276. The maximum absolute atomic E-state index is 5.81. The van der Waals surface area contributed by atoms with E-state index in [1.54, 1.807) is 13.3 Å². The van der Waals surface area contributed by atoms with Gasteiger partial charge in [-0.1, -0.05) is 0 Å². The molecule has 0 aromatic carbocycles. The lowest BCUT2D eigenvalue weighted by Gasteiger charge is -2.32. The molecule has 0 aliphatic carbocycles. The summed E-state index contributed by atoms with van der Waals surface area (Å²) in [5, 5.41) is 0. The average molecular weight is 269 g/mol. The number of hydrogen-bond donors (Lipinski definition) is 0. The van der Waals surface area contributed by atoms with E-state index in [1.807, 2.05) is 32.9 Å². The molecule has 19 heavy (non-hydrogen) atoms. The summed E-state index contributed by atoms with van der Waals surface area (Å²) < 4.78 is 22.5. The second kappa shape index (κ2) is 8.09. The summed E-state index contributed by atoms with van der Waals surface area (Å²) in [6, 6.07) is 3.65. The summed E-state index contributed by atoms with van der Waals surface area (Å²) in [7, 11) is 1.60. The first kappa shape index (κ1) is 15.9. The zero-order valence-corrected chi connectivity index (χ0v) is 12.1. The number of ether oxygens (including phenoxy) is 4. The molecular formula is C14H23NO4. The summed E-state index contributed by atoms with van der Waals surface area (Å²) >= 11 is 0. The zero-order chi connectivity index (χ0) is 14.1. The minimum Gasteiger partial charge on any atom is -0.495 e. The van der Waals surface area contributed by atoms with Crippen molar-refractivity contribution in [3.05, 3.63) is 24.0 Å². The van der Waals surface area contributed by atoms with Crippen LogP contribution < -0.4 is 4.74 Å². The maximum Gasteiger partial charge on any atom is 0.240 e. The highest BCUT2D eigenvalue weighted by Gasteiger charge is 2.38. The van der Waals surface area contributed by atoms with Crippen LogP contribution in [0.4, 0.5) is 0 Å². The first-order chi connectivity index (χ1) is 9.24. The van der Waals surface area contributed by atoms with E-state index in [-0.39, 0.29) is 6.61 Å². The fourth-order valence-corrected chi connectivity index (χ4v) is 1.87. The molecule has 0 fully saturated rings. The maximum atomic E-state index is 5.81. The van der Waals surface area contributed by atoms with E-state index in [2.05, 4.69) is 4.98 Å². The molecule has 0 aliphatic rings. The molecule has 5 heteroatoms. The molecule has 0 amide bonds. The highest BCUT2D eigenvalue weighted by atomic mass is 16.7. The third-order valence-electron chi connectivity index (χ3n) is 2.60. The topological polar surface area (TPSA) is 49.8 Å². The van der Waals surface area contributed by atoms with Crippen LogP contribution in [-0.2, 0) is 20.0 Å². The summed E-state index contributed by atoms with van der Waals surface area (Å²) in [6.07, 6.45) is 1.69. The molecule has 0 unspecified atom stereocenters. The van der Waals surface area contributed by atoms with Gasteiger partial charge in [-0.15, -0.1) is 0 Å². The molecule has 0 N–H and O–H groups in total. The van der Waals surface area contributed by atoms with Crippen LogP contribution in [-0.4, -0.2) is 38.5 Å². The Hall–Kier alpha value is -1.17. The van der Waals surface area contributed by atoms with E-state index in [1.165, 1.54) is 0 Å². The number of rotatable bonds is 9. The van der Waals surface area contributed by atoms with Crippen LogP contribution in [0, 0.1) is 0 Å². The van der Waals surface area contributed by atoms with Gasteiger partial charge < -0.3 is 18.9 Å². The van der Waals surface area contributed by atoms with Crippen molar-refractivity contribution >= 4 is 0 Å². The molecule has 5 nitrogen and oxygen atoms in total. The Kier molecular flexibility index (Phi) is 6.77. The number of nitrogens with zero attached hydrogens (tertiary/aromatic N) is 1. The SMILES string of the molecule is CCOCC(OCC)(OCC)c1ncccc1OC. The lowest BCUT2D eigenvalue weighted by atomic mass is 10.1. The minimum atomic E-state index is -1.02. The smallest absolute Gasteiger partial charge is 0.240 e. The molecule has 1 aromatic rings. The van der Waals surface area contributed by atoms with Gasteiger partial charge in [0.1, 0.15) is 18.1 Å². The van der Waals surface area contributed by atoms with Crippen LogP contribution in [0.15, 0.2) is 18.3 Å². The summed E-state index contributed by atoms with van der Waals surface area (Å²) in [5.41, 5.74) is 0.606. The Morgan fingerprint density at radius 3 is 2.32 bits per heavy atom.